The third-order valence-electron chi connectivity index (χ3n) is 3.13. The molecule has 0 saturated carbocycles. The zero-order valence-electron chi connectivity index (χ0n) is 12.3. The van der Waals surface area contributed by atoms with Gasteiger partial charge in [0.25, 0.3) is 0 Å². The van der Waals surface area contributed by atoms with Crippen LogP contribution >= 0.6 is 11.3 Å². The summed E-state index contributed by atoms with van der Waals surface area (Å²) in [5, 5.41) is 5.62. The van der Waals surface area contributed by atoms with Crippen LogP contribution in [0.15, 0.2) is 46.4 Å². The molecule has 2 aromatic heterocycles. The van der Waals surface area contributed by atoms with Gasteiger partial charge in [0, 0.05) is 10.9 Å². The first-order valence-electron chi connectivity index (χ1n) is 6.89. The highest BCUT2D eigenvalue weighted by Gasteiger charge is 2.14. The van der Waals surface area contributed by atoms with Crippen LogP contribution in [0.25, 0.3) is 11.3 Å². The predicted octanol–water partition coefficient (Wildman–Crippen LogP) is 4.93. The van der Waals surface area contributed by atoms with Crippen molar-refractivity contribution in [3.63, 3.8) is 0 Å². The van der Waals surface area contributed by atoms with Crippen molar-refractivity contribution in [3.8, 4) is 17.0 Å². The number of aryl methyl sites for hydroxylation is 1. The molecular formula is C16H14F2N2O2S. The summed E-state index contributed by atoms with van der Waals surface area (Å²) in [6.07, 6.45) is 1.60. The highest BCUT2D eigenvalue weighted by Crippen LogP contribution is 2.34. The first-order valence-corrected chi connectivity index (χ1v) is 7.77. The van der Waals surface area contributed by atoms with Crippen LogP contribution < -0.4 is 10.1 Å². The van der Waals surface area contributed by atoms with Crippen LogP contribution in [0.5, 0.6) is 5.75 Å². The first kappa shape index (κ1) is 15.5. The lowest BCUT2D eigenvalue weighted by Gasteiger charge is -2.09. The van der Waals surface area contributed by atoms with Gasteiger partial charge in [-0.3, -0.25) is 0 Å². The molecular weight excluding hydrogens is 322 g/mol. The van der Waals surface area contributed by atoms with E-state index >= 15 is 0 Å². The minimum Gasteiger partial charge on any atom is -0.467 e. The highest BCUT2D eigenvalue weighted by molar-refractivity contribution is 7.14. The molecule has 0 aliphatic heterocycles. The van der Waals surface area contributed by atoms with Gasteiger partial charge in [0.2, 0.25) is 0 Å². The van der Waals surface area contributed by atoms with E-state index in [-0.39, 0.29) is 5.75 Å². The van der Waals surface area contributed by atoms with Crippen molar-refractivity contribution < 1.29 is 17.9 Å². The van der Waals surface area contributed by atoms with Gasteiger partial charge < -0.3 is 14.5 Å². The molecule has 0 aliphatic carbocycles. The third-order valence-corrected chi connectivity index (χ3v) is 3.93. The van der Waals surface area contributed by atoms with Crippen LogP contribution in [0.2, 0.25) is 0 Å². The normalized spacial score (nSPS) is 11.0. The standard InChI is InChI=1S/C16H14F2N2O2S/c1-10-4-5-14(22-15(17)18)12(7-10)13-9-23-16(20-13)19-8-11-3-2-6-21-11/h2-7,9,15H,8H2,1H3,(H,19,20). The predicted molar refractivity (Wildman–Crippen MR) is 85.0 cm³/mol. The summed E-state index contributed by atoms with van der Waals surface area (Å²) in [4.78, 5) is 4.43. The van der Waals surface area contributed by atoms with E-state index < -0.39 is 6.61 Å². The molecule has 3 rings (SSSR count). The SMILES string of the molecule is Cc1ccc(OC(F)F)c(-c2csc(NCc3ccco3)n2)c1. The average Bonchev–Trinajstić information content (AvgIpc) is 3.17. The molecule has 2 heterocycles. The maximum atomic E-state index is 12.5. The smallest absolute Gasteiger partial charge is 0.387 e. The number of anilines is 1. The Morgan fingerprint density at radius 2 is 2.22 bits per heavy atom. The number of thiazole rings is 1. The molecule has 7 heteroatoms. The van der Waals surface area contributed by atoms with E-state index in [2.05, 4.69) is 15.0 Å². The van der Waals surface area contributed by atoms with Gasteiger partial charge in [-0.25, -0.2) is 4.98 Å². The van der Waals surface area contributed by atoms with Crippen LogP contribution in [0.3, 0.4) is 0 Å². The Bertz CT molecular complexity index is 772. The fourth-order valence-electron chi connectivity index (χ4n) is 2.10. The van der Waals surface area contributed by atoms with Crippen molar-refractivity contribution in [2.45, 2.75) is 20.1 Å². The molecule has 4 nitrogen and oxygen atoms in total. The Morgan fingerprint density at radius 3 is 2.96 bits per heavy atom. The Balaban J connectivity index is 1.80. The zero-order chi connectivity index (χ0) is 16.2. The van der Waals surface area contributed by atoms with E-state index in [1.54, 1.807) is 23.8 Å². The summed E-state index contributed by atoms with van der Waals surface area (Å²) in [6, 6.07) is 8.71. The molecule has 0 saturated heterocycles. The maximum Gasteiger partial charge on any atom is 0.387 e. The van der Waals surface area contributed by atoms with Gasteiger partial charge in [0.1, 0.15) is 11.5 Å². The Kier molecular flexibility index (Phi) is 4.57. The molecule has 0 unspecified atom stereocenters. The van der Waals surface area contributed by atoms with Crippen LogP contribution in [-0.2, 0) is 6.54 Å². The number of ether oxygens (including phenoxy) is 1. The van der Waals surface area contributed by atoms with Crippen LogP contribution in [-0.4, -0.2) is 11.6 Å². The highest BCUT2D eigenvalue weighted by atomic mass is 32.1. The maximum absolute atomic E-state index is 12.5. The van der Waals surface area contributed by atoms with Crippen molar-refractivity contribution in [1.82, 2.24) is 4.98 Å². The van der Waals surface area contributed by atoms with Gasteiger partial charge in [-0.2, -0.15) is 8.78 Å². The summed E-state index contributed by atoms with van der Waals surface area (Å²) >= 11 is 1.39. The van der Waals surface area contributed by atoms with Gasteiger partial charge in [-0.1, -0.05) is 11.6 Å². The molecule has 0 bridgehead atoms. The van der Waals surface area contributed by atoms with Gasteiger partial charge in [-0.05, 0) is 31.2 Å². The lowest BCUT2D eigenvalue weighted by Crippen LogP contribution is -2.03. The van der Waals surface area contributed by atoms with Gasteiger partial charge in [0.15, 0.2) is 5.13 Å². The molecule has 0 aliphatic rings. The van der Waals surface area contributed by atoms with E-state index in [0.717, 1.165) is 11.3 Å². The number of hydrogen-bond donors (Lipinski definition) is 1. The summed E-state index contributed by atoms with van der Waals surface area (Å²) in [6.45, 7) is -0.474. The minimum atomic E-state index is -2.87. The Morgan fingerprint density at radius 1 is 1.35 bits per heavy atom. The van der Waals surface area contributed by atoms with Crippen molar-refractivity contribution in [1.29, 1.82) is 0 Å². The lowest BCUT2D eigenvalue weighted by atomic mass is 10.1. The molecule has 1 N–H and O–H groups in total. The number of alkyl halides is 2. The van der Waals surface area contributed by atoms with Crippen LogP contribution in [0, 0.1) is 6.92 Å². The van der Waals surface area contributed by atoms with E-state index in [1.165, 1.54) is 17.4 Å². The first-order chi connectivity index (χ1) is 11.1. The molecule has 0 radical (unpaired) electrons. The van der Waals surface area contributed by atoms with Crippen molar-refractivity contribution >= 4 is 16.5 Å². The second kappa shape index (κ2) is 6.78. The number of rotatable bonds is 6. The average molecular weight is 336 g/mol. The third kappa shape index (κ3) is 3.87. The fraction of sp³-hybridized carbons (Fsp3) is 0.188. The number of furan rings is 1. The summed E-state index contributed by atoms with van der Waals surface area (Å²) < 4.78 is 34.9. The molecule has 0 atom stereocenters. The van der Waals surface area contributed by atoms with Gasteiger partial charge in [0.05, 0.1) is 18.5 Å². The monoisotopic (exact) mass is 336 g/mol. The number of aromatic nitrogens is 1. The van der Waals surface area contributed by atoms with E-state index in [4.69, 9.17) is 4.42 Å². The van der Waals surface area contributed by atoms with Crippen LogP contribution in [0.1, 0.15) is 11.3 Å². The van der Waals surface area contributed by atoms with E-state index in [0.29, 0.717) is 22.9 Å². The molecule has 120 valence electrons. The minimum absolute atomic E-state index is 0.119. The molecule has 1 aromatic carbocycles. The lowest BCUT2D eigenvalue weighted by molar-refractivity contribution is -0.0494. The molecule has 0 amide bonds. The topological polar surface area (TPSA) is 47.3 Å². The van der Waals surface area contributed by atoms with Crippen molar-refractivity contribution in [2.24, 2.45) is 0 Å². The number of nitrogens with zero attached hydrogens (tertiary/aromatic N) is 1. The van der Waals surface area contributed by atoms with E-state index in [9.17, 15) is 8.78 Å². The van der Waals surface area contributed by atoms with Crippen LogP contribution in [0.4, 0.5) is 13.9 Å². The fourth-order valence-corrected chi connectivity index (χ4v) is 2.81. The second-order valence-corrected chi connectivity index (χ2v) is 5.71. The van der Waals surface area contributed by atoms with Crippen molar-refractivity contribution in [2.75, 3.05) is 5.32 Å². The zero-order valence-corrected chi connectivity index (χ0v) is 13.1. The van der Waals surface area contributed by atoms with Crippen molar-refractivity contribution in [3.05, 3.63) is 53.3 Å². The molecule has 3 aromatic rings. The number of hydrogen-bond acceptors (Lipinski definition) is 5. The molecule has 0 fully saturated rings. The number of halogens is 2. The number of nitrogens with one attached hydrogen (secondary N) is 1. The molecule has 0 spiro atoms. The summed E-state index contributed by atoms with van der Waals surface area (Å²) in [5.41, 5.74) is 2.09. The number of benzene rings is 1. The quantitative estimate of drug-likeness (QED) is 0.694. The summed E-state index contributed by atoms with van der Waals surface area (Å²) in [5.74, 6) is 0.910. The Labute approximate surface area is 135 Å². The molecule has 23 heavy (non-hydrogen) atoms. The van der Waals surface area contributed by atoms with E-state index in [1.807, 2.05) is 19.1 Å². The second-order valence-electron chi connectivity index (χ2n) is 4.85. The van der Waals surface area contributed by atoms with Gasteiger partial charge in [-0.15, -0.1) is 11.3 Å². The Hall–Kier alpha value is -2.41. The van der Waals surface area contributed by atoms with Gasteiger partial charge >= 0.3 is 6.61 Å². The summed E-state index contributed by atoms with van der Waals surface area (Å²) in [7, 11) is 0. The largest absolute Gasteiger partial charge is 0.467 e.